The minimum atomic E-state index is -1.01. The number of benzene rings is 3. The van der Waals surface area contributed by atoms with Gasteiger partial charge >= 0.3 is 5.97 Å². The van der Waals surface area contributed by atoms with E-state index < -0.39 is 11.9 Å². The van der Waals surface area contributed by atoms with Crippen LogP contribution < -0.4 is 5.43 Å². The molecule has 0 saturated carbocycles. The number of hydrogen-bond acceptors (Lipinski definition) is 4. The lowest BCUT2D eigenvalue weighted by atomic mass is 10.1. The fourth-order valence-electron chi connectivity index (χ4n) is 4.01. The number of para-hydroxylation sites is 1. The first-order valence-electron chi connectivity index (χ1n) is 10.9. The summed E-state index contributed by atoms with van der Waals surface area (Å²) in [5, 5.41) is 16.0. The third-order valence-electron chi connectivity index (χ3n) is 5.76. The Hall–Kier alpha value is -4.20. The zero-order valence-corrected chi connectivity index (χ0v) is 20.2. The number of carboxylic acids is 1. The molecule has 2 N–H and O–H groups in total. The molecule has 2 aromatic heterocycles. The van der Waals surface area contributed by atoms with E-state index in [1.807, 2.05) is 30.3 Å². The standard InChI is InChI=1S/C27H18Cl2N4O3/c28-19-9-10-22(29)18(11-19)15-33-24-4-2-1-3-20(24)21-12-23(30-14-25(21)33)26(34)32-31-13-16-5-7-17(8-6-16)27(35)36/h1-14H,15H2,(H,32,34)(H,35,36)/b31-13+. The summed E-state index contributed by atoms with van der Waals surface area (Å²) in [4.78, 5) is 28.1. The molecular formula is C27H18Cl2N4O3. The number of nitrogens with zero attached hydrogens (tertiary/aromatic N) is 3. The van der Waals surface area contributed by atoms with Crippen molar-refractivity contribution in [3.63, 3.8) is 0 Å². The Morgan fingerprint density at radius 3 is 2.53 bits per heavy atom. The first kappa shape index (κ1) is 23.5. The smallest absolute Gasteiger partial charge is 0.335 e. The average Bonchev–Trinajstić information content (AvgIpc) is 3.19. The highest BCUT2D eigenvalue weighted by Crippen LogP contribution is 2.31. The molecule has 5 rings (SSSR count). The summed E-state index contributed by atoms with van der Waals surface area (Å²) in [5.41, 5.74) is 6.20. The van der Waals surface area contributed by atoms with Gasteiger partial charge in [0, 0.05) is 32.9 Å². The topological polar surface area (TPSA) is 96.6 Å². The number of carbonyl (C=O) groups is 2. The van der Waals surface area contributed by atoms with E-state index in [1.54, 1.807) is 36.5 Å². The van der Waals surface area contributed by atoms with Crippen molar-refractivity contribution in [1.82, 2.24) is 15.0 Å². The van der Waals surface area contributed by atoms with Gasteiger partial charge in [0.05, 0.1) is 23.5 Å². The van der Waals surface area contributed by atoms with Crippen LogP contribution in [0.4, 0.5) is 0 Å². The normalized spacial score (nSPS) is 11.4. The lowest BCUT2D eigenvalue weighted by Crippen LogP contribution is -2.19. The van der Waals surface area contributed by atoms with Crippen LogP contribution in [0, 0.1) is 0 Å². The summed E-state index contributed by atoms with van der Waals surface area (Å²) in [6.45, 7) is 0.488. The number of fused-ring (bicyclic) bond motifs is 3. The van der Waals surface area contributed by atoms with E-state index in [0.29, 0.717) is 22.2 Å². The number of hydrogen-bond donors (Lipinski definition) is 2. The third-order valence-corrected chi connectivity index (χ3v) is 6.37. The molecule has 0 radical (unpaired) electrons. The molecule has 0 bridgehead atoms. The third kappa shape index (κ3) is 4.66. The number of rotatable bonds is 6. The van der Waals surface area contributed by atoms with Crippen molar-refractivity contribution in [3.05, 3.63) is 111 Å². The second-order valence-corrected chi connectivity index (χ2v) is 8.90. The van der Waals surface area contributed by atoms with Gasteiger partial charge in [0.1, 0.15) is 5.69 Å². The minimum Gasteiger partial charge on any atom is -0.478 e. The predicted octanol–water partition coefficient (Wildman–Crippen LogP) is 6.01. The number of carboxylic acid groups (broad SMARTS) is 1. The van der Waals surface area contributed by atoms with Crippen LogP contribution in [0.1, 0.15) is 32.0 Å². The molecule has 0 aliphatic carbocycles. The number of amides is 1. The Bertz CT molecular complexity index is 1660. The van der Waals surface area contributed by atoms with Gasteiger partial charge in [0.15, 0.2) is 0 Å². The molecule has 1 amide bonds. The summed E-state index contributed by atoms with van der Waals surface area (Å²) in [5.74, 6) is -1.48. The Labute approximate surface area is 215 Å². The molecule has 5 aromatic rings. The molecule has 2 heterocycles. The van der Waals surface area contributed by atoms with Crippen LogP contribution in [0.25, 0.3) is 21.8 Å². The fourth-order valence-corrected chi connectivity index (χ4v) is 4.38. The predicted molar refractivity (Wildman–Crippen MR) is 141 cm³/mol. The molecule has 0 aliphatic rings. The van der Waals surface area contributed by atoms with Crippen LogP contribution in [-0.4, -0.2) is 32.7 Å². The van der Waals surface area contributed by atoms with E-state index in [2.05, 4.69) is 20.1 Å². The molecule has 178 valence electrons. The Morgan fingerprint density at radius 2 is 1.75 bits per heavy atom. The SMILES string of the molecule is O=C(O)c1ccc(/C=N/NC(=O)c2cc3c4ccccc4n(Cc4cc(Cl)ccc4Cl)c3cn2)cc1. The number of pyridine rings is 1. The van der Waals surface area contributed by atoms with Gasteiger partial charge in [-0.05, 0) is 53.6 Å². The van der Waals surface area contributed by atoms with Crippen molar-refractivity contribution in [1.29, 1.82) is 0 Å². The lowest BCUT2D eigenvalue weighted by molar-refractivity contribution is 0.0696. The van der Waals surface area contributed by atoms with Gasteiger partial charge in [-0.1, -0.05) is 53.5 Å². The largest absolute Gasteiger partial charge is 0.478 e. The summed E-state index contributed by atoms with van der Waals surface area (Å²) < 4.78 is 2.09. The van der Waals surface area contributed by atoms with Crippen molar-refractivity contribution < 1.29 is 14.7 Å². The average molecular weight is 517 g/mol. The summed E-state index contributed by atoms with van der Waals surface area (Å²) in [6.07, 6.45) is 3.10. The highest BCUT2D eigenvalue weighted by atomic mass is 35.5. The van der Waals surface area contributed by atoms with E-state index >= 15 is 0 Å². The zero-order valence-electron chi connectivity index (χ0n) is 18.7. The maximum atomic E-state index is 12.7. The molecule has 0 unspecified atom stereocenters. The van der Waals surface area contributed by atoms with Crippen LogP contribution >= 0.6 is 23.2 Å². The zero-order chi connectivity index (χ0) is 25.2. The van der Waals surface area contributed by atoms with Crippen molar-refractivity contribution in [2.24, 2.45) is 5.10 Å². The molecule has 3 aromatic carbocycles. The quantitative estimate of drug-likeness (QED) is 0.213. The summed E-state index contributed by atoms with van der Waals surface area (Å²) in [6, 6.07) is 21.1. The van der Waals surface area contributed by atoms with Crippen LogP contribution in [0.5, 0.6) is 0 Å². The van der Waals surface area contributed by atoms with Gasteiger partial charge in [-0.25, -0.2) is 15.2 Å². The van der Waals surface area contributed by atoms with Gasteiger partial charge in [0.25, 0.3) is 5.91 Å². The Balaban J connectivity index is 1.44. The van der Waals surface area contributed by atoms with Gasteiger partial charge in [-0.3, -0.25) is 4.79 Å². The number of halogens is 2. The van der Waals surface area contributed by atoms with Crippen LogP contribution in [0.2, 0.25) is 10.0 Å². The monoisotopic (exact) mass is 516 g/mol. The maximum absolute atomic E-state index is 12.7. The first-order valence-corrected chi connectivity index (χ1v) is 11.6. The summed E-state index contributed by atoms with van der Waals surface area (Å²) >= 11 is 12.6. The van der Waals surface area contributed by atoms with Crippen LogP contribution in [-0.2, 0) is 6.54 Å². The van der Waals surface area contributed by atoms with E-state index in [0.717, 1.165) is 27.4 Å². The first-order chi connectivity index (χ1) is 17.4. The number of aromatic nitrogens is 2. The maximum Gasteiger partial charge on any atom is 0.335 e. The molecule has 0 fully saturated rings. The van der Waals surface area contributed by atoms with Gasteiger partial charge in [0.2, 0.25) is 0 Å². The van der Waals surface area contributed by atoms with Crippen molar-refractivity contribution >= 4 is 63.1 Å². The Morgan fingerprint density at radius 1 is 0.972 bits per heavy atom. The van der Waals surface area contributed by atoms with Crippen molar-refractivity contribution in [3.8, 4) is 0 Å². The molecule has 0 atom stereocenters. The minimum absolute atomic E-state index is 0.172. The van der Waals surface area contributed by atoms with Gasteiger partial charge in [-0.15, -0.1) is 0 Å². The fraction of sp³-hybridized carbons (Fsp3) is 0.0370. The molecule has 7 nitrogen and oxygen atoms in total. The van der Waals surface area contributed by atoms with Gasteiger partial charge < -0.3 is 9.67 Å². The molecular weight excluding hydrogens is 499 g/mol. The highest BCUT2D eigenvalue weighted by molar-refractivity contribution is 6.33. The van der Waals surface area contributed by atoms with E-state index in [4.69, 9.17) is 28.3 Å². The second-order valence-electron chi connectivity index (χ2n) is 8.05. The van der Waals surface area contributed by atoms with Crippen molar-refractivity contribution in [2.75, 3.05) is 0 Å². The van der Waals surface area contributed by atoms with Gasteiger partial charge in [-0.2, -0.15) is 5.10 Å². The van der Waals surface area contributed by atoms with E-state index in [-0.39, 0.29) is 11.3 Å². The summed E-state index contributed by atoms with van der Waals surface area (Å²) in [7, 11) is 0. The van der Waals surface area contributed by atoms with Crippen LogP contribution in [0.15, 0.2) is 84.1 Å². The number of nitrogens with one attached hydrogen (secondary N) is 1. The second kappa shape index (κ2) is 9.81. The highest BCUT2D eigenvalue weighted by Gasteiger charge is 2.16. The molecule has 0 spiro atoms. The van der Waals surface area contributed by atoms with Crippen LogP contribution in [0.3, 0.4) is 0 Å². The lowest BCUT2D eigenvalue weighted by Gasteiger charge is -2.10. The number of hydrazone groups is 1. The molecule has 0 aliphatic heterocycles. The molecule has 36 heavy (non-hydrogen) atoms. The molecule has 9 heteroatoms. The van der Waals surface area contributed by atoms with Crippen molar-refractivity contribution in [2.45, 2.75) is 6.54 Å². The Kier molecular flexibility index (Phi) is 6.41. The molecule has 0 saturated heterocycles. The van der Waals surface area contributed by atoms with E-state index in [9.17, 15) is 9.59 Å². The van der Waals surface area contributed by atoms with E-state index in [1.165, 1.54) is 18.3 Å². The number of aromatic carboxylic acids is 1. The number of carbonyl (C=O) groups excluding carboxylic acids is 1.